The first kappa shape index (κ1) is 9.45. The third kappa shape index (κ3) is 2.40. The lowest BCUT2D eigenvalue weighted by molar-refractivity contribution is 1.17. The van der Waals surface area contributed by atoms with Crippen molar-refractivity contribution in [1.82, 2.24) is 9.97 Å². The summed E-state index contributed by atoms with van der Waals surface area (Å²) in [5.74, 6) is 0.973. The van der Waals surface area contributed by atoms with Gasteiger partial charge in [-0.15, -0.1) is 0 Å². The van der Waals surface area contributed by atoms with Gasteiger partial charge in [-0.2, -0.15) is 0 Å². The highest BCUT2D eigenvalue weighted by atomic mass is 14.9. The molecule has 0 unspecified atom stereocenters. The molecule has 0 saturated carbocycles. The smallest absolute Gasteiger partial charge is 0.104 e. The number of fused-ring (bicyclic) bond motifs is 1. The number of nitrogens with one attached hydrogen (secondary N) is 1. The van der Waals surface area contributed by atoms with Crippen LogP contribution in [0.1, 0.15) is 5.82 Å². The van der Waals surface area contributed by atoms with Gasteiger partial charge in [0, 0.05) is 7.05 Å². The standard InChI is InChI=1S/C8H8N2.C2H5N/c1-6-9-7-4-2-3-5-8(7)10-6;1-3-2/h2-5H,1H3,(H,9,10);1H2,2H3. The highest BCUT2D eigenvalue weighted by molar-refractivity contribution is 5.74. The van der Waals surface area contributed by atoms with E-state index in [1.807, 2.05) is 31.2 Å². The molecule has 68 valence electrons. The van der Waals surface area contributed by atoms with Gasteiger partial charge in [-0.3, -0.25) is 0 Å². The maximum Gasteiger partial charge on any atom is 0.104 e. The minimum Gasteiger partial charge on any atom is -0.342 e. The maximum atomic E-state index is 4.26. The Morgan fingerprint density at radius 2 is 2.00 bits per heavy atom. The van der Waals surface area contributed by atoms with Gasteiger partial charge in [0.05, 0.1) is 11.0 Å². The molecule has 0 aliphatic rings. The molecule has 0 aliphatic heterocycles. The Kier molecular flexibility index (Phi) is 3.20. The first-order valence-corrected chi connectivity index (χ1v) is 4.04. The lowest BCUT2D eigenvalue weighted by Crippen LogP contribution is -1.68. The molecular weight excluding hydrogens is 162 g/mol. The van der Waals surface area contributed by atoms with Crippen molar-refractivity contribution in [3.05, 3.63) is 30.1 Å². The third-order valence-corrected chi connectivity index (χ3v) is 1.51. The van der Waals surface area contributed by atoms with Crippen molar-refractivity contribution in [2.75, 3.05) is 7.05 Å². The molecule has 0 radical (unpaired) electrons. The summed E-state index contributed by atoms with van der Waals surface area (Å²) in [4.78, 5) is 10.7. The Hall–Kier alpha value is -1.64. The molecule has 3 heteroatoms. The van der Waals surface area contributed by atoms with Crippen LogP contribution in [0.15, 0.2) is 29.3 Å². The lowest BCUT2D eigenvalue weighted by Gasteiger charge is -1.81. The van der Waals surface area contributed by atoms with E-state index < -0.39 is 0 Å². The summed E-state index contributed by atoms with van der Waals surface area (Å²) in [6.07, 6.45) is 0. The van der Waals surface area contributed by atoms with Crippen LogP contribution in [0.4, 0.5) is 0 Å². The number of benzene rings is 1. The first-order chi connectivity index (χ1) is 6.27. The van der Waals surface area contributed by atoms with Crippen molar-refractivity contribution in [3.8, 4) is 0 Å². The molecule has 1 aromatic carbocycles. The number of aromatic nitrogens is 2. The molecule has 0 bridgehead atoms. The summed E-state index contributed by atoms with van der Waals surface area (Å²) in [6, 6.07) is 8.01. The molecule has 0 saturated heterocycles. The minimum absolute atomic E-state index is 0.973. The summed E-state index contributed by atoms with van der Waals surface area (Å²) in [7, 11) is 1.64. The predicted octanol–water partition coefficient (Wildman–Crippen LogP) is 2.19. The fourth-order valence-electron chi connectivity index (χ4n) is 1.08. The van der Waals surface area contributed by atoms with Crippen LogP contribution in [-0.2, 0) is 0 Å². The Morgan fingerprint density at radius 3 is 2.62 bits per heavy atom. The van der Waals surface area contributed by atoms with Gasteiger partial charge >= 0.3 is 0 Å². The summed E-state index contributed by atoms with van der Waals surface area (Å²) >= 11 is 0. The van der Waals surface area contributed by atoms with Gasteiger partial charge in [-0.25, -0.2) is 4.98 Å². The number of imidazole rings is 1. The van der Waals surface area contributed by atoms with Crippen LogP contribution in [0, 0.1) is 6.92 Å². The SMILES string of the molecule is C=NC.Cc1nc2ccccc2[nH]1. The van der Waals surface area contributed by atoms with Crippen LogP contribution >= 0.6 is 0 Å². The number of H-pyrrole nitrogens is 1. The number of hydrogen-bond acceptors (Lipinski definition) is 2. The molecular formula is C10H13N3. The van der Waals surface area contributed by atoms with Gasteiger partial charge in [0.2, 0.25) is 0 Å². The number of hydrogen-bond donors (Lipinski definition) is 1. The van der Waals surface area contributed by atoms with Gasteiger partial charge in [0.25, 0.3) is 0 Å². The van der Waals surface area contributed by atoms with Crippen LogP contribution in [0.3, 0.4) is 0 Å². The van der Waals surface area contributed by atoms with Crippen molar-refractivity contribution in [2.45, 2.75) is 6.92 Å². The first-order valence-electron chi connectivity index (χ1n) is 4.04. The van der Waals surface area contributed by atoms with Crippen LogP contribution in [-0.4, -0.2) is 23.7 Å². The molecule has 13 heavy (non-hydrogen) atoms. The maximum absolute atomic E-state index is 4.26. The van der Waals surface area contributed by atoms with E-state index in [0.717, 1.165) is 16.9 Å². The molecule has 3 nitrogen and oxygen atoms in total. The Morgan fingerprint density at radius 1 is 1.38 bits per heavy atom. The molecule has 2 rings (SSSR count). The zero-order valence-electron chi connectivity index (χ0n) is 7.91. The van der Waals surface area contributed by atoms with Crippen molar-refractivity contribution in [2.24, 2.45) is 4.99 Å². The number of rotatable bonds is 0. The zero-order chi connectivity index (χ0) is 9.68. The topological polar surface area (TPSA) is 41.0 Å². The van der Waals surface area contributed by atoms with Crippen molar-refractivity contribution < 1.29 is 0 Å². The lowest BCUT2D eigenvalue weighted by atomic mass is 10.3. The van der Waals surface area contributed by atoms with Crippen molar-refractivity contribution in [3.63, 3.8) is 0 Å². The van der Waals surface area contributed by atoms with Gasteiger partial charge in [-0.1, -0.05) is 12.1 Å². The molecule has 0 fully saturated rings. The third-order valence-electron chi connectivity index (χ3n) is 1.51. The average molecular weight is 175 g/mol. The molecule has 1 heterocycles. The van der Waals surface area contributed by atoms with Crippen LogP contribution in [0.5, 0.6) is 0 Å². The molecule has 1 aromatic heterocycles. The summed E-state index contributed by atoms with van der Waals surface area (Å²) in [5.41, 5.74) is 2.15. The number of nitrogens with zero attached hydrogens (tertiary/aromatic N) is 2. The van der Waals surface area contributed by atoms with Gasteiger partial charge < -0.3 is 9.98 Å². The Balaban J connectivity index is 0.000000251. The predicted molar refractivity (Wildman–Crippen MR) is 56.3 cm³/mol. The van der Waals surface area contributed by atoms with E-state index in [0.29, 0.717) is 0 Å². The van der Waals surface area contributed by atoms with E-state index in [-0.39, 0.29) is 0 Å². The van der Waals surface area contributed by atoms with Gasteiger partial charge in [0.15, 0.2) is 0 Å². The molecule has 0 aliphatic carbocycles. The summed E-state index contributed by atoms with van der Waals surface area (Å²) in [6.45, 7) is 5.07. The van der Waals surface area contributed by atoms with Crippen LogP contribution in [0.2, 0.25) is 0 Å². The van der Waals surface area contributed by atoms with Crippen molar-refractivity contribution >= 4 is 17.8 Å². The fourth-order valence-corrected chi connectivity index (χ4v) is 1.08. The van der Waals surface area contributed by atoms with E-state index in [9.17, 15) is 0 Å². The van der Waals surface area contributed by atoms with E-state index in [4.69, 9.17) is 0 Å². The number of para-hydroxylation sites is 2. The summed E-state index contributed by atoms with van der Waals surface area (Å²) in [5, 5.41) is 0. The fraction of sp³-hybridized carbons (Fsp3) is 0.200. The highest BCUT2D eigenvalue weighted by Crippen LogP contribution is 2.08. The number of aliphatic imine (C=N–C) groups is 1. The van der Waals surface area contributed by atoms with Gasteiger partial charge in [-0.05, 0) is 25.8 Å². The van der Waals surface area contributed by atoms with E-state index in [2.05, 4.69) is 21.7 Å². The highest BCUT2D eigenvalue weighted by Gasteiger charge is 1.93. The largest absolute Gasteiger partial charge is 0.342 e. The monoisotopic (exact) mass is 175 g/mol. The second-order valence-corrected chi connectivity index (χ2v) is 2.66. The number of aryl methyl sites for hydroxylation is 1. The second kappa shape index (κ2) is 4.40. The normalized spacial score (nSPS) is 9.08. The second-order valence-electron chi connectivity index (χ2n) is 2.66. The molecule has 0 atom stereocenters. The molecule has 2 aromatic rings. The quantitative estimate of drug-likeness (QED) is 0.612. The Bertz CT molecular complexity index is 357. The molecule has 0 amide bonds. The Labute approximate surface area is 77.5 Å². The van der Waals surface area contributed by atoms with E-state index in [1.54, 1.807) is 7.05 Å². The average Bonchev–Trinajstić information content (AvgIpc) is 2.45. The molecule has 0 spiro atoms. The van der Waals surface area contributed by atoms with Crippen LogP contribution < -0.4 is 0 Å². The number of aromatic amines is 1. The summed E-state index contributed by atoms with van der Waals surface area (Å²) < 4.78 is 0. The van der Waals surface area contributed by atoms with E-state index >= 15 is 0 Å². The van der Waals surface area contributed by atoms with Crippen molar-refractivity contribution in [1.29, 1.82) is 0 Å². The zero-order valence-corrected chi connectivity index (χ0v) is 7.91. The van der Waals surface area contributed by atoms with Gasteiger partial charge in [0.1, 0.15) is 5.82 Å². The van der Waals surface area contributed by atoms with E-state index in [1.165, 1.54) is 0 Å². The van der Waals surface area contributed by atoms with Crippen LogP contribution in [0.25, 0.3) is 11.0 Å². The molecule has 1 N–H and O–H groups in total. The minimum atomic E-state index is 0.973.